The summed E-state index contributed by atoms with van der Waals surface area (Å²) in [7, 11) is 1.39. The highest BCUT2D eigenvalue weighted by Gasteiger charge is 2.09. The molecule has 1 unspecified atom stereocenters. The van der Waals surface area contributed by atoms with Gasteiger partial charge in [-0.1, -0.05) is 36.4 Å². The lowest BCUT2D eigenvalue weighted by Gasteiger charge is -2.12. The lowest BCUT2D eigenvalue weighted by Crippen LogP contribution is -2.12. The van der Waals surface area contributed by atoms with Crippen LogP contribution in [0.2, 0.25) is 0 Å². The van der Waals surface area contributed by atoms with Crippen molar-refractivity contribution in [2.45, 2.75) is 18.9 Å². The lowest BCUT2D eigenvalue weighted by molar-refractivity contribution is -0.140. The maximum absolute atomic E-state index is 11.1. The van der Waals surface area contributed by atoms with E-state index in [2.05, 4.69) is 29.0 Å². The second kappa shape index (κ2) is 7.12. The molecule has 2 aromatic carbocycles. The largest absolute Gasteiger partial charge is 0.469 e. The van der Waals surface area contributed by atoms with Crippen molar-refractivity contribution in [1.82, 2.24) is 0 Å². The monoisotopic (exact) mass is 279 g/mol. The predicted molar refractivity (Wildman–Crippen MR) is 79.4 cm³/mol. The van der Waals surface area contributed by atoms with Gasteiger partial charge in [-0.15, -0.1) is 12.4 Å². The average molecular weight is 280 g/mol. The molecule has 0 spiro atoms. The highest BCUT2D eigenvalue weighted by atomic mass is 35.5. The fourth-order valence-corrected chi connectivity index (χ4v) is 1.98. The molecule has 4 heteroatoms. The molecule has 0 saturated heterocycles. The van der Waals surface area contributed by atoms with Gasteiger partial charge in [0.25, 0.3) is 0 Å². The van der Waals surface area contributed by atoms with E-state index in [0.717, 1.165) is 5.56 Å². The van der Waals surface area contributed by atoms with Crippen LogP contribution in [0.4, 0.5) is 0 Å². The molecule has 3 nitrogen and oxygen atoms in total. The maximum Gasteiger partial charge on any atom is 0.305 e. The zero-order chi connectivity index (χ0) is 13.0. The van der Waals surface area contributed by atoms with Crippen molar-refractivity contribution in [2.24, 2.45) is 5.73 Å². The number of carbonyl (C=O) groups is 1. The van der Waals surface area contributed by atoms with E-state index in [0.29, 0.717) is 12.8 Å². The molecule has 0 heterocycles. The average Bonchev–Trinajstić information content (AvgIpc) is 2.43. The summed E-state index contributed by atoms with van der Waals surface area (Å²) in [5, 5.41) is 2.37. The van der Waals surface area contributed by atoms with Gasteiger partial charge < -0.3 is 10.5 Å². The first kappa shape index (κ1) is 15.5. The van der Waals surface area contributed by atoms with Gasteiger partial charge in [0.1, 0.15) is 0 Å². The van der Waals surface area contributed by atoms with Crippen LogP contribution in [0.25, 0.3) is 10.8 Å². The number of methoxy groups -OCH3 is 1. The zero-order valence-corrected chi connectivity index (χ0v) is 11.7. The summed E-state index contributed by atoms with van der Waals surface area (Å²) in [4.78, 5) is 11.1. The van der Waals surface area contributed by atoms with Crippen molar-refractivity contribution < 1.29 is 9.53 Å². The van der Waals surface area contributed by atoms with Crippen LogP contribution in [-0.2, 0) is 9.53 Å². The van der Waals surface area contributed by atoms with E-state index in [-0.39, 0.29) is 24.4 Å². The summed E-state index contributed by atoms with van der Waals surface area (Å²) in [5.41, 5.74) is 7.13. The van der Waals surface area contributed by atoms with E-state index in [1.54, 1.807) is 0 Å². The zero-order valence-electron chi connectivity index (χ0n) is 10.8. The van der Waals surface area contributed by atoms with Crippen molar-refractivity contribution in [3.8, 4) is 0 Å². The molecule has 0 aliphatic carbocycles. The lowest BCUT2D eigenvalue weighted by atomic mass is 9.99. The van der Waals surface area contributed by atoms with Gasteiger partial charge in [0.05, 0.1) is 7.11 Å². The molecule has 2 N–H and O–H groups in total. The van der Waals surface area contributed by atoms with Crippen LogP contribution in [0.3, 0.4) is 0 Å². The van der Waals surface area contributed by atoms with E-state index < -0.39 is 0 Å². The third kappa shape index (κ3) is 3.94. The van der Waals surface area contributed by atoms with Gasteiger partial charge in [-0.25, -0.2) is 0 Å². The molecule has 0 aromatic heterocycles. The number of fused-ring (bicyclic) bond motifs is 1. The van der Waals surface area contributed by atoms with Crippen LogP contribution in [0.15, 0.2) is 42.5 Å². The molecule has 0 radical (unpaired) electrons. The van der Waals surface area contributed by atoms with E-state index in [4.69, 9.17) is 5.73 Å². The van der Waals surface area contributed by atoms with Crippen LogP contribution in [0.1, 0.15) is 24.4 Å². The minimum atomic E-state index is -0.216. The van der Waals surface area contributed by atoms with E-state index in [9.17, 15) is 4.79 Å². The molecule has 0 aliphatic rings. The molecule has 0 fully saturated rings. The third-order valence-electron chi connectivity index (χ3n) is 3.09. The SMILES string of the molecule is COC(=O)CCC(N)c1ccc2ccccc2c1.Cl. The van der Waals surface area contributed by atoms with Crippen LogP contribution in [0, 0.1) is 0 Å². The van der Waals surface area contributed by atoms with E-state index in [1.165, 1.54) is 17.9 Å². The number of rotatable bonds is 4. The molecular formula is C15H18ClNO2. The number of hydrogen-bond donors (Lipinski definition) is 1. The normalized spacial score (nSPS) is 11.7. The summed E-state index contributed by atoms with van der Waals surface area (Å²) < 4.78 is 4.61. The standard InChI is InChI=1S/C15H17NO2.ClH/c1-18-15(17)9-8-14(16)13-7-6-11-4-2-3-5-12(11)10-13;/h2-7,10,14H,8-9,16H2,1H3;1H. The number of esters is 1. The van der Waals surface area contributed by atoms with Gasteiger partial charge in [0.2, 0.25) is 0 Å². The molecule has 2 rings (SSSR count). The quantitative estimate of drug-likeness (QED) is 0.875. The van der Waals surface area contributed by atoms with Gasteiger partial charge in [0, 0.05) is 12.5 Å². The Balaban J connectivity index is 0.00000180. The number of ether oxygens (including phenoxy) is 1. The minimum Gasteiger partial charge on any atom is -0.469 e. The maximum atomic E-state index is 11.1. The molecule has 19 heavy (non-hydrogen) atoms. The Kier molecular flexibility index (Phi) is 5.80. The Morgan fingerprint density at radius 3 is 2.58 bits per heavy atom. The predicted octanol–water partition coefficient (Wildman–Crippen LogP) is 3.21. The van der Waals surface area contributed by atoms with Crippen molar-refractivity contribution in [1.29, 1.82) is 0 Å². The first-order valence-corrected chi connectivity index (χ1v) is 6.02. The Labute approximate surface area is 119 Å². The summed E-state index contributed by atoms with van der Waals surface area (Å²) in [6.07, 6.45) is 0.954. The molecule has 0 aliphatic heterocycles. The fourth-order valence-electron chi connectivity index (χ4n) is 1.98. The fraction of sp³-hybridized carbons (Fsp3) is 0.267. The summed E-state index contributed by atoms with van der Waals surface area (Å²) >= 11 is 0. The van der Waals surface area contributed by atoms with Crippen molar-refractivity contribution >= 4 is 29.1 Å². The first-order valence-electron chi connectivity index (χ1n) is 6.02. The van der Waals surface area contributed by atoms with Gasteiger partial charge in [-0.3, -0.25) is 4.79 Å². The molecule has 0 saturated carbocycles. The topological polar surface area (TPSA) is 52.3 Å². The number of benzene rings is 2. The first-order chi connectivity index (χ1) is 8.70. The van der Waals surface area contributed by atoms with Crippen LogP contribution < -0.4 is 5.73 Å². The number of carbonyl (C=O) groups excluding carboxylic acids is 1. The molecule has 0 bridgehead atoms. The van der Waals surface area contributed by atoms with Crippen LogP contribution >= 0.6 is 12.4 Å². The smallest absolute Gasteiger partial charge is 0.305 e. The number of hydrogen-bond acceptors (Lipinski definition) is 3. The molecular weight excluding hydrogens is 262 g/mol. The third-order valence-corrected chi connectivity index (χ3v) is 3.09. The molecule has 0 amide bonds. The van der Waals surface area contributed by atoms with Crippen molar-refractivity contribution in [2.75, 3.05) is 7.11 Å². The van der Waals surface area contributed by atoms with Crippen molar-refractivity contribution in [3.05, 3.63) is 48.0 Å². The molecule has 1 atom stereocenters. The second-order valence-corrected chi connectivity index (χ2v) is 4.33. The van der Waals surface area contributed by atoms with Gasteiger partial charge in [0.15, 0.2) is 0 Å². The van der Waals surface area contributed by atoms with Gasteiger partial charge >= 0.3 is 5.97 Å². The van der Waals surface area contributed by atoms with E-state index >= 15 is 0 Å². The Bertz CT molecular complexity index is 557. The van der Waals surface area contributed by atoms with Gasteiger partial charge in [-0.05, 0) is 28.8 Å². The Hall–Kier alpha value is -1.58. The number of nitrogens with two attached hydrogens (primary N) is 1. The summed E-state index contributed by atoms with van der Waals surface area (Å²) in [5.74, 6) is -0.216. The minimum absolute atomic E-state index is 0. The highest BCUT2D eigenvalue weighted by molar-refractivity contribution is 5.85. The molecule has 2 aromatic rings. The Morgan fingerprint density at radius 1 is 1.21 bits per heavy atom. The van der Waals surface area contributed by atoms with E-state index in [1.807, 2.05) is 18.2 Å². The van der Waals surface area contributed by atoms with Gasteiger partial charge in [-0.2, -0.15) is 0 Å². The Morgan fingerprint density at radius 2 is 1.89 bits per heavy atom. The summed E-state index contributed by atoms with van der Waals surface area (Å²) in [6, 6.07) is 14.2. The summed E-state index contributed by atoms with van der Waals surface area (Å²) in [6.45, 7) is 0. The number of halogens is 1. The second-order valence-electron chi connectivity index (χ2n) is 4.33. The van der Waals surface area contributed by atoms with Crippen molar-refractivity contribution in [3.63, 3.8) is 0 Å². The molecule has 102 valence electrons. The van der Waals surface area contributed by atoms with Crippen LogP contribution in [-0.4, -0.2) is 13.1 Å². The van der Waals surface area contributed by atoms with Crippen LogP contribution in [0.5, 0.6) is 0 Å². The highest BCUT2D eigenvalue weighted by Crippen LogP contribution is 2.21.